The molecule has 3 rings (SSSR count). The Hall–Kier alpha value is -2.09. The zero-order chi connectivity index (χ0) is 17.8. The fourth-order valence-corrected chi connectivity index (χ4v) is 2.62. The first-order chi connectivity index (χ1) is 11.3. The number of benzene rings is 3. The summed E-state index contributed by atoms with van der Waals surface area (Å²) < 4.78 is 97.5. The molecule has 0 radical (unpaired) electrons. The van der Waals surface area contributed by atoms with E-state index >= 15 is 0 Å². The topological polar surface area (TPSA) is 0 Å². The van der Waals surface area contributed by atoms with Crippen molar-refractivity contribution in [3.8, 4) is 11.1 Å². The van der Waals surface area contributed by atoms with Gasteiger partial charge >= 0.3 is 0 Å². The first kappa shape index (κ1) is 16.8. The molecule has 0 saturated heterocycles. The molecule has 0 amide bonds. The average molecular weight is 409 g/mol. The molecular weight excluding hydrogens is 405 g/mol. The van der Waals surface area contributed by atoms with E-state index in [0.29, 0.717) is 4.47 Å². The highest BCUT2D eigenvalue weighted by Gasteiger charge is 2.30. The average Bonchev–Trinajstić information content (AvgIpc) is 2.56. The van der Waals surface area contributed by atoms with Crippen molar-refractivity contribution in [2.75, 3.05) is 0 Å². The Morgan fingerprint density at radius 1 is 0.500 bits per heavy atom. The molecule has 124 valence electrons. The SMILES string of the molecule is Fc1c(F)c(F)c2c(F)c(-c3ccc(Br)cc3)c(F)c(F)c2c1F. The molecule has 3 aromatic rings. The maximum absolute atomic E-state index is 14.5. The van der Waals surface area contributed by atoms with Crippen LogP contribution >= 0.6 is 15.9 Å². The van der Waals surface area contributed by atoms with Gasteiger partial charge in [0.1, 0.15) is 5.82 Å². The van der Waals surface area contributed by atoms with Gasteiger partial charge in [-0.15, -0.1) is 0 Å². The molecule has 0 fully saturated rings. The van der Waals surface area contributed by atoms with Gasteiger partial charge in [-0.05, 0) is 17.7 Å². The Kier molecular flexibility index (Phi) is 4.03. The van der Waals surface area contributed by atoms with E-state index in [9.17, 15) is 30.7 Å². The number of hydrogen-bond acceptors (Lipinski definition) is 0. The quantitative estimate of drug-likeness (QED) is 0.254. The summed E-state index contributed by atoms with van der Waals surface area (Å²) in [4.78, 5) is 0. The lowest BCUT2D eigenvalue weighted by Crippen LogP contribution is -2.06. The summed E-state index contributed by atoms with van der Waals surface area (Å²) in [6.45, 7) is 0. The predicted molar refractivity (Wildman–Crippen MR) is 76.8 cm³/mol. The second-order valence-corrected chi connectivity index (χ2v) is 5.75. The van der Waals surface area contributed by atoms with Gasteiger partial charge in [0.15, 0.2) is 34.9 Å². The van der Waals surface area contributed by atoms with Gasteiger partial charge in [0, 0.05) is 4.47 Å². The first-order valence-corrected chi connectivity index (χ1v) is 7.13. The molecule has 0 N–H and O–H groups in total. The molecule has 0 aromatic heterocycles. The normalized spacial score (nSPS) is 11.3. The number of hydrogen-bond donors (Lipinski definition) is 0. The van der Waals surface area contributed by atoms with Gasteiger partial charge in [-0.2, -0.15) is 0 Å². The summed E-state index contributed by atoms with van der Waals surface area (Å²) in [5.41, 5.74) is -1.21. The minimum absolute atomic E-state index is 0.196. The molecule has 0 unspecified atom stereocenters. The highest BCUT2D eigenvalue weighted by Crippen LogP contribution is 2.38. The summed E-state index contributed by atoms with van der Waals surface area (Å²) in [7, 11) is 0. The number of rotatable bonds is 1. The molecular formula is C16H4BrF7. The van der Waals surface area contributed by atoms with E-state index < -0.39 is 57.1 Å². The molecule has 0 aliphatic carbocycles. The van der Waals surface area contributed by atoms with E-state index in [0.717, 1.165) is 0 Å². The zero-order valence-corrected chi connectivity index (χ0v) is 12.9. The molecule has 0 atom stereocenters. The number of fused-ring (bicyclic) bond motifs is 1. The van der Waals surface area contributed by atoms with Crippen LogP contribution in [-0.4, -0.2) is 0 Å². The molecule has 8 heteroatoms. The van der Waals surface area contributed by atoms with Crippen LogP contribution in [0.25, 0.3) is 21.9 Å². The van der Waals surface area contributed by atoms with Gasteiger partial charge in [0.05, 0.1) is 16.3 Å². The van der Waals surface area contributed by atoms with Crippen LogP contribution in [0.4, 0.5) is 30.7 Å². The van der Waals surface area contributed by atoms with Crippen molar-refractivity contribution in [1.29, 1.82) is 0 Å². The van der Waals surface area contributed by atoms with Crippen molar-refractivity contribution in [3.63, 3.8) is 0 Å². The number of halogens is 8. The molecule has 24 heavy (non-hydrogen) atoms. The van der Waals surface area contributed by atoms with Gasteiger partial charge in [0.25, 0.3) is 0 Å². The van der Waals surface area contributed by atoms with E-state index in [1.807, 2.05) is 0 Å². The molecule has 3 aromatic carbocycles. The molecule has 0 aliphatic rings. The summed E-state index contributed by atoms with van der Waals surface area (Å²) in [5.74, 6) is -14.6. The third kappa shape index (κ3) is 2.28. The lowest BCUT2D eigenvalue weighted by Gasteiger charge is -2.12. The van der Waals surface area contributed by atoms with E-state index in [1.165, 1.54) is 24.3 Å². The second kappa shape index (κ2) is 5.77. The van der Waals surface area contributed by atoms with Crippen LogP contribution in [0.5, 0.6) is 0 Å². The fourth-order valence-electron chi connectivity index (χ4n) is 2.35. The van der Waals surface area contributed by atoms with E-state index in [1.54, 1.807) is 0 Å². The third-order valence-corrected chi connectivity index (χ3v) is 4.00. The lowest BCUT2D eigenvalue weighted by molar-refractivity contribution is 0.412. The molecule has 0 nitrogen and oxygen atoms in total. The van der Waals surface area contributed by atoms with Crippen LogP contribution in [0, 0.1) is 40.7 Å². The smallest absolute Gasteiger partial charge is 0.198 e. The van der Waals surface area contributed by atoms with Gasteiger partial charge in [0.2, 0.25) is 0 Å². The maximum atomic E-state index is 14.5. The van der Waals surface area contributed by atoms with Gasteiger partial charge in [-0.3, -0.25) is 0 Å². The van der Waals surface area contributed by atoms with Crippen molar-refractivity contribution >= 4 is 26.7 Å². The highest BCUT2D eigenvalue weighted by molar-refractivity contribution is 9.10. The Balaban J connectivity index is 2.53. The lowest BCUT2D eigenvalue weighted by atomic mass is 9.98. The third-order valence-electron chi connectivity index (χ3n) is 3.47. The van der Waals surface area contributed by atoms with Crippen LogP contribution < -0.4 is 0 Å². The highest BCUT2D eigenvalue weighted by atomic mass is 79.9. The zero-order valence-electron chi connectivity index (χ0n) is 11.3. The van der Waals surface area contributed by atoms with Crippen molar-refractivity contribution in [2.24, 2.45) is 0 Å². The maximum Gasteiger partial charge on any atom is 0.198 e. The summed E-state index contributed by atoms with van der Waals surface area (Å²) in [5, 5.41) is -3.12. The Morgan fingerprint density at radius 2 is 0.917 bits per heavy atom. The molecule has 0 saturated carbocycles. The van der Waals surface area contributed by atoms with Crippen LogP contribution in [0.3, 0.4) is 0 Å². The Bertz CT molecular complexity index is 981. The van der Waals surface area contributed by atoms with Crippen molar-refractivity contribution < 1.29 is 30.7 Å². The van der Waals surface area contributed by atoms with Crippen molar-refractivity contribution in [2.45, 2.75) is 0 Å². The minimum atomic E-state index is -2.35. The molecule has 0 spiro atoms. The summed E-state index contributed by atoms with van der Waals surface area (Å²) in [6, 6.07) is 5.12. The van der Waals surface area contributed by atoms with Gasteiger partial charge in [-0.25, -0.2) is 30.7 Å². The van der Waals surface area contributed by atoms with Crippen LogP contribution in [-0.2, 0) is 0 Å². The van der Waals surface area contributed by atoms with Crippen LogP contribution in [0.2, 0.25) is 0 Å². The van der Waals surface area contributed by atoms with Crippen molar-refractivity contribution in [1.82, 2.24) is 0 Å². The standard InChI is InChI=1S/C16H4BrF7/c17-6-3-1-5(2-4-6)7-10(18)8-9(12(20)11(7)19)14(22)16(24)15(23)13(8)21/h1-4H. The molecule has 0 bridgehead atoms. The Morgan fingerprint density at radius 3 is 1.42 bits per heavy atom. The fraction of sp³-hybridized carbons (Fsp3) is 0. The first-order valence-electron chi connectivity index (χ1n) is 6.33. The monoisotopic (exact) mass is 408 g/mol. The van der Waals surface area contributed by atoms with Gasteiger partial charge in [-0.1, -0.05) is 28.1 Å². The second-order valence-electron chi connectivity index (χ2n) is 4.83. The summed E-state index contributed by atoms with van der Waals surface area (Å²) >= 11 is 3.09. The van der Waals surface area contributed by atoms with E-state index in [4.69, 9.17) is 0 Å². The summed E-state index contributed by atoms with van der Waals surface area (Å²) in [6.07, 6.45) is 0. The predicted octanol–water partition coefficient (Wildman–Crippen LogP) is 6.24. The van der Waals surface area contributed by atoms with E-state index in [2.05, 4.69) is 15.9 Å². The molecule has 0 aliphatic heterocycles. The van der Waals surface area contributed by atoms with Crippen molar-refractivity contribution in [3.05, 3.63) is 69.5 Å². The minimum Gasteiger partial charge on any atom is -0.205 e. The molecule has 0 heterocycles. The van der Waals surface area contributed by atoms with E-state index in [-0.39, 0.29) is 5.56 Å². The van der Waals surface area contributed by atoms with Crippen LogP contribution in [0.15, 0.2) is 28.7 Å². The van der Waals surface area contributed by atoms with Gasteiger partial charge < -0.3 is 0 Å². The Labute approximate surface area is 138 Å². The van der Waals surface area contributed by atoms with Crippen LogP contribution in [0.1, 0.15) is 0 Å². The largest absolute Gasteiger partial charge is 0.205 e.